The summed E-state index contributed by atoms with van der Waals surface area (Å²) >= 11 is 6.17. The number of nitrogens with zero attached hydrogens (tertiary/aromatic N) is 6. The van der Waals surface area contributed by atoms with E-state index in [0.717, 1.165) is 18.7 Å². The zero-order chi connectivity index (χ0) is 27.4. The minimum absolute atomic E-state index is 0.0123. The van der Waals surface area contributed by atoms with E-state index in [4.69, 9.17) is 27.1 Å². The monoisotopic (exact) mass is 562 g/mol. The van der Waals surface area contributed by atoms with Gasteiger partial charge in [0.2, 0.25) is 0 Å². The van der Waals surface area contributed by atoms with Gasteiger partial charge in [0, 0.05) is 51.1 Å². The van der Waals surface area contributed by atoms with Crippen LogP contribution in [0.5, 0.6) is 0 Å². The predicted octanol–water partition coefficient (Wildman–Crippen LogP) is 2.34. The van der Waals surface area contributed by atoms with Crippen molar-refractivity contribution in [1.82, 2.24) is 34.7 Å². The molecule has 4 rings (SSSR count). The second-order valence-electron chi connectivity index (χ2n) is 8.99. The molecule has 1 aliphatic heterocycles. The lowest BCUT2D eigenvalue weighted by Gasteiger charge is -2.32. The fourth-order valence-electron chi connectivity index (χ4n) is 4.04. The third-order valence-corrected chi connectivity index (χ3v) is 7.16. The molecule has 1 saturated heterocycles. The number of hydrogen-bond acceptors (Lipinski definition) is 11. The van der Waals surface area contributed by atoms with E-state index in [1.54, 1.807) is 33.3 Å². The highest BCUT2D eigenvalue weighted by atomic mass is 35.5. The van der Waals surface area contributed by atoms with Gasteiger partial charge in [-0.15, -0.1) is 4.83 Å². The van der Waals surface area contributed by atoms with Crippen LogP contribution in [0.1, 0.15) is 24.4 Å². The molecule has 0 aliphatic carbocycles. The molecule has 15 heteroatoms. The number of nitrogens with two attached hydrogens (primary N) is 1. The second-order valence-corrected chi connectivity index (χ2v) is 10.7. The fraction of sp³-hybridized carbons (Fsp3) is 0.391. The highest BCUT2D eigenvalue weighted by molar-refractivity contribution is 7.90. The zero-order valence-electron chi connectivity index (χ0n) is 21.6. The number of rotatable bonds is 9. The molecule has 0 saturated carbocycles. The standard InChI is InChI=1S/C23H31ClN10O3S/c1-14(34-5-7-37-8-6-34)16-9-18(19-11-21(25)29-15(2)28-19)23(27-12-16)30-17-10-20(22(24)26-13-17)31-38(35,36)32-33(3)4/h9-14,31-32H,5-8H2,1-4H3,(H,27,30)(H2,25,28,29)/t14-/m1/s1. The number of aromatic nitrogens is 4. The summed E-state index contributed by atoms with van der Waals surface area (Å²) in [7, 11) is -0.817. The Morgan fingerprint density at radius 2 is 1.87 bits per heavy atom. The van der Waals surface area contributed by atoms with Crippen LogP contribution < -0.4 is 20.6 Å². The summed E-state index contributed by atoms with van der Waals surface area (Å²) in [4.78, 5) is 22.2. The van der Waals surface area contributed by atoms with Gasteiger partial charge in [-0.25, -0.2) is 24.9 Å². The van der Waals surface area contributed by atoms with E-state index >= 15 is 0 Å². The first kappa shape index (κ1) is 27.9. The molecule has 1 aliphatic rings. The van der Waals surface area contributed by atoms with Gasteiger partial charge in [0.05, 0.1) is 36.5 Å². The number of pyridine rings is 2. The molecule has 38 heavy (non-hydrogen) atoms. The fourth-order valence-corrected chi connectivity index (χ4v) is 5.22. The molecule has 5 N–H and O–H groups in total. The van der Waals surface area contributed by atoms with Crippen molar-refractivity contribution in [2.75, 3.05) is 56.2 Å². The molecule has 3 aromatic heterocycles. The average Bonchev–Trinajstić information content (AvgIpc) is 2.85. The second kappa shape index (κ2) is 11.7. The van der Waals surface area contributed by atoms with Crippen molar-refractivity contribution in [2.24, 2.45) is 0 Å². The van der Waals surface area contributed by atoms with Crippen LogP contribution in [0.25, 0.3) is 11.3 Å². The predicted molar refractivity (Wildman–Crippen MR) is 147 cm³/mol. The molecular weight excluding hydrogens is 532 g/mol. The maximum absolute atomic E-state index is 12.3. The molecule has 3 aromatic rings. The summed E-state index contributed by atoms with van der Waals surface area (Å²) in [5.41, 5.74) is 8.87. The van der Waals surface area contributed by atoms with E-state index in [0.29, 0.717) is 47.6 Å². The lowest BCUT2D eigenvalue weighted by Crippen LogP contribution is -2.40. The highest BCUT2D eigenvalue weighted by Crippen LogP contribution is 2.33. The average molecular weight is 563 g/mol. The third kappa shape index (κ3) is 7.03. The van der Waals surface area contributed by atoms with Crippen LogP contribution in [0.2, 0.25) is 5.15 Å². The van der Waals surface area contributed by atoms with Crippen molar-refractivity contribution in [1.29, 1.82) is 0 Å². The summed E-state index contributed by atoms with van der Waals surface area (Å²) < 4.78 is 32.6. The van der Waals surface area contributed by atoms with Crippen LogP contribution in [0.15, 0.2) is 30.6 Å². The summed E-state index contributed by atoms with van der Waals surface area (Å²) in [5, 5.41) is 4.49. The van der Waals surface area contributed by atoms with Crippen molar-refractivity contribution in [3.63, 3.8) is 0 Å². The molecular formula is C23H31ClN10O3S. The Labute approximate surface area is 226 Å². The number of aryl methyl sites for hydroxylation is 1. The van der Waals surface area contributed by atoms with Gasteiger partial charge in [0.25, 0.3) is 0 Å². The van der Waals surface area contributed by atoms with Gasteiger partial charge >= 0.3 is 10.2 Å². The number of halogens is 1. The molecule has 1 atom stereocenters. The molecule has 4 heterocycles. The van der Waals surface area contributed by atoms with Crippen molar-refractivity contribution in [2.45, 2.75) is 19.9 Å². The Kier molecular flexibility index (Phi) is 8.60. The van der Waals surface area contributed by atoms with Crippen LogP contribution in [0.3, 0.4) is 0 Å². The van der Waals surface area contributed by atoms with E-state index in [2.05, 4.69) is 41.6 Å². The molecule has 0 amide bonds. The quantitative estimate of drug-likeness (QED) is 0.223. The van der Waals surface area contributed by atoms with E-state index in [9.17, 15) is 8.42 Å². The van der Waals surface area contributed by atoms with E-state index < -0.39 is 10.2 Å². The van der Waals surface area contributed by atoms with Gasteiger partial charge in [0.15, 0.2) is 5.15 Å². The van der Waals surface area contributed by atoms with E-state index in [-0.39, 0.29) is 16.9 Å². The molecule has 0 bridgehead atoms. The van der Waals surface area contributed by atoms with Crippen LogP contribution in [0, 0.1) is 6.92 Å². The Morgan fingerprint density at radius 3 is 2.55 bits per heavy atom. The third-order valence-electron chi connectivity index (χ3n) is 5.77. The lowest BCUT2D eigenvalue weighted by molar-refractivity contribution is 0.0198. The Hall–Kier alpha value is -3.14. The minimum atomic E-state index is -3.92. The topological polar surface area (TPSA) is 164 Å². The Morgan fingerprint density at radius 1 is 1.13 bits per heavy atom. The van der Waals surface area contributed by atoms with Crippen LogP contribution >= 0.6 is 11.6 Å². The zero-order valence-corrected chi connectivity index (χ0v) is 23.1. The number of hydrazine groups is 1. The first-order chi connectivity index (χ1) is 18.0. The molecule has 0 aromatic carbocycles. The van der Waals surface area contributed by atoms with Gasteiger partial charge in [-0.3, -0.25) is 9.62 Å². The van der Waals surface area contributed by atoms with Crippen molar-refractivity contribution >= 4 is 44.8 Å². The van der Waals surface area contributed by atoms with Crippen LogP contribution in [0.4, 0.5) is 23.0 Å². The van der Waals surface area contributed by atoms with Crippen molar-refractivity contribution < 1.29 is 13.2 Å². The largest absolute Gasteiger partial charge is 0.384 e. The summed E-state index contributed by atoms with van der Waals surface area (Å²) in [6.45, 7) is 6.92. The normalized spacial score (nSPS) is 15.4. The number of nitrogens with one attached hydrogen (secondary N) is 3. The Bertz CT molecular complexity index is 1380. The van der Waals surface area contributed by atoms with Gasteiger partial charge < -0.3 is 15.8 Å². The number of ether oxygens (including phenoxy) is 1. The number of anilines is 4. The van der Waals surface area contributed by atoms with Crippen LogP contribution in [-0.4, -0.2) is 78.7 Å². The maximum atomic E-state index is 12.3. The maximum Gasteiger partial charge on any atom is 0.312 e. The number of morpholine rings is 1. The van der Waals surface area contributed by atoms with E-state index in [1.807, 2.05) is 6.07 Å². The minimum Gasteiger partial charge on any atom is -0.384 e. The molecule has 1 fully saturated rings. The van der Waals surface area contributed by atoms with Crippen molar-refractivity contribution in [3.8, 4) is 11.3 Å². The van der Waals surface area contributed by atoms with Gasteiger partial charge in [-0.05, 0) is 31.5 Å². The first-order valence-electron chi connectivity index (χ1n) is 11.8. The number of hydrogen-bond donors (Lipinski definition) is 4. The summed E-state index contributed by atoms with van der Waals surface area (Å²) in [6.07, 6.45) is 3.28. The molecule has 0 unspecified atom stereocenters. The summed E-state index contributed by atoms with van der Waals surface area (Å²) in [5.74, 6) is 1.34. The van der Waals surface area contributed by atoms with Gasteiger partial charge in [0.1, 0.15) is 17.5 Å². The molecule has 0 radical (unpaired) electrons. The molecule has 0 spiro atoms. The van der Waals surface area contributed by atoms with Gasteiger partial charge in [-0.1, -0.05) is 11.6 Å². The molecule has 13 nitrogen and oxygen atoms in total. The summed E-state index contributed by atoms with van der Waals surface area (Å²) in [6, 6.07) is 5.33. The number of nitrogen functional groups attached to an aromatic ring is 1. The highest BCUT2D eigenvalue weighted by Gasteiger charge is 2.21. The first-order valence-corrected chi connectivity index (χ1v) is 13.7. The molecule has 204 valence electrons. The SMILES string of the molecule is Cc1nc(N)cc(-c2cc([C@@H](C)N3CCOCC3)cnc2Nc2cnc(Cl)c(NS(=O)(=O)NN(C)C)c2)n1. The van der Waals surface area contributed by atoms with Crippen molar-refractivity contribution in [3.05, 3.63) is 47.1 Å². The Balaban J connectivity index is 1.70. The smallest absolute Gasteiger partial charge is 0.312 e. The van der Waals surface area contributed by atoms with E-state index in [1.165, 1.54) is 17.3 Å². The van der Waals surface area contributed by atoms with Crippen LogP contribution in [-0.2, 0) is 14.9 Å². The lowest BCUT2D eigenvalue weighted by atomic mass is 10.0. The van der Waals surface area contributed by atoms with Gasteiger partial charge in [-0.2, -0.15) is 8.42 Å².